The van der Waals surface area contributed by atoms with Crippen LogP contribution in [0, 0.1) is 5.95 Å². The Balaban J connectivity index is 1.42. The van der Waals surface area contributed by atoms with Crippen molar-refractivity contribution in [1.82, 2.24) is 24.9 Å². The van der Waals surface area contributed by atoms with Crippen molar-refractivity contribution in [3.05, 3.63) is 65.8 Å². The van der Waals surface area contributed by atoms with Gasteiger partial charge >= 0.3 is 0 Å². The number of carbonyl (C=O) groups is 1. The number of hydrogen-bond acceptors (Lipinski definition) is 7. The topological polar surface area (TPSA) is 108 Å². The number of rotatable bonds is 7. The van der Waals surface area contributed by atoms with Crippen LogP contribution in [0.1, 0.15) is 47.8 Å². The summed E-state index contributed by atoms with van der Waals surface area (Å²) in [6.07, 6.45) is 8.77. The minimum atomic E-state index is -0.849. The molecule has 0 spiro atoms. The molecule has 0 saturated heterocycles. The Morgan fingerprint density at radius 2 is 2.03 bits per heavy atom. The van der Waals surface area contributed by atoms with E-state index >= 15 is 0 Å². The number of aryl methyl sites for hydroxylation is 1. The molecule has 0 unspecified atom stereocenters. The summed E-state index contributed by atoms with van der Waals surface area (Å²) in [7, 11) is 0. The first kappa shape index (κ1) is 20.0. The predicted molar refractivity (Wildman–Crippen MR) is 120 cm³/mol. The van der Waals surface area contributed by atoms with Crippen LogP contribution in [0.4, 0.5) is 21.7 Å². The molecule has 0 radical (unpaired) electrons. The molecule has 0 aromatic carbocycles. The van der Waals surface area contributed by atoms with Gasteiger partial charge in [0.25, 0.3) is 0 Å². The van der Waals surface area contributed by atoms with E-state index in [1.165, 1.54) is 18.8 Å². The Morgan fingerprint density at radius 1 is 1.16 bits per heavy atom. The van der Waals surface area contributed by atoms with Gasteiger partial charge in [-0.2, -0.15) is 4.39 Å². The third kappa shape index (κ3) is 3.77. The number of carbonyl (C=O) groups excluding carboxylic acids is 1. The number of pyridine rings is 2. The van der Waals surface area contributed by atoms with Gasteiger partial charge in [0.1, 0.15) is 23.6 Å². The third-order valence-electron chi connectivity index (χ3n) is 5.71. The van der Waals surface area contributed by atoms with Crippen LogP contribution in [-0.4, -0.2) is 36.7 Å². The van der Waals surface area contributed by atoms with Gasteiger partial charge in [-0.1, -0.05) is 6.92 Å². The van der Waals surface area contributed by atoms with E-state index in [1.54, 1.807) is 18.5 Å². The number of H-pyrrole nitrogens is 1. The van der Waals surface area contributed by atoms with Crippen molar-refractivity contribution in [2.75, 3.05) is 10.6 Å². The number of halogens is 1. The molecule has 4 heterocycles. The number of anilines is 3. The zero-order valence-electron chi connectivity index (χ0n) is 17.5. The second-order valence-corrected chi connectivity index (χ2v) is 7.80. The highest BCUT2D eigenvalue weighted by Crippen LogP contribution is 2.30. The largest absolute Gasteiger partial charge is 0.367 e. The van der Waals surface area contributed by atoms with E-state index in [4.69, 9.17) is 0 Å². The lowest BCUT2D eigenvalue weighted by Crippen LogP contribution is -2.27. The number of ketones is 1. The van der Waals surface area contributed by atoms with Crippen LogP contribution in [0.15, 0.2) is 43.0 Å². The molecule has 0 bridgehead atoms. The van der Waals surface area contributed by atoms with Crippen LogP contribution in [0.3, 0.4) is 0 Å². The normalized spacial score (nSPS) is 13.7. The van der Waals surface area contributed by atoms with Crippen molar-refractivity contribution >= 4 is 34.1 Å². The van der Waals surface area contributed by atoms with Crippen molar-refractivity contribution < 1.29 is 9.18 Å². The summed E-state index contributed by atoms with van der Waals surface area (Å²) in [4.78, 5) is 32.9. The summed E-state index contributed by atoms with van der Waals surface area (Å²) in [6, 6.07) is 7.08. The van der Waals surface area contributed by atoms with Gasteiger partial charge in [-0.3, -0.25) is 9.78 Å². The molecule has 8 nitrogen and oxygen atoms in total. The molecule has 1 fully saturated rings. The van der Waals surface area contributed by atoms with E-state index in [1.807, 2.05) is 19.1 Å². The fourth-order valence-corrected chi connectivity index (χ4v) is 3.67. The molecule has 162 valence electrons. The van der Waals surface area contributed by atoms with Crippen LogP contribution in [0.5, 0.6) is 0 Å². The van der Waals surface area contributed by atoms with E-state index < -0.39 is 11.7 Å². The fourth-order valence-electron chi connectivity index (χ4n) is 3.67. The van der Waals surface area contributed by atoms with E-state index in [0.29, 0.717) is 40.0 Å². The second kappa shape index (κ2) is 8.33. The molecule has 0 amide bonds. The van der Waals surface area contributed by atoms with Crippen LogP contribution < -0.4 is 10.6 Å². The molecule has 3 N–H and O–H groups in total. The first-order valence-corrected chi connectivity index (χ1v) is 10.6. The SMILES string of the molecule is CCc1ccc(Nc2ccc(C(=O)c3c[nH]c4ncnc(NC5CCC5)c34)c(F)n2)cn1. The smallest absolute Gasteiger partial charge is 0.226 e. The number of nitrogens with one attached hydrogen (secondary N) is 3. The molecule has 9 heteroatoms. The molecule has 1 aliphatic rings. The average molecular weight is 431 g/mol. The molecule has 1 aliphatic carbocycles. The summed E-state index contributed by atoms with van der Waals surface area (Å²) in [5.74, 6) is -0.454. The minimum Gasteiger partial charge on any atom is -0.367 e. The maximum Gasteiger partial charge on any atom is 0.226 e. The van der Waals surface area contributed by atoms with Gasteiger partial charge in [-0.25, -0.2) is 15.0 Å². The molecule has 0 atom stereocenters. The number of fused-ring (bicyclic) bond motifs is 1. The van der Waals surface area contributed by atoms with Crippen molar-refractivity contribution in [3.8, 4) is 0 Å². The number of hydrogen-bond donors (Lipinski definition) is 3. The van der Waals surface area contributed by atoms with Gasteiger partial charge in [0, 0.05) is 17.9 Å². The first-order valence-electron chi connectivity index (χ1n) is 10.6. The molecule has 5 rings (SSSR count). The molecule has 4 aromatic rings. The lowest BCUT2D eigenvalue weighted by Gasteiger charge is -2.27. The zero-order chi connectivity index (χ0) is 22.1. The lowest BCUT2D eigenvalue weighted by atomic mass is 9.93. The zero-order valence-corrected chi connectivity index (χ0v) is 17.5. The van der Waals surface area contributed by atoms with E-state index in [0.717, 1.165) is 25.0 Å². The first-order chi connectivity index (χ1) is 15.6. The van der Waals surface area contributed by atoms with E-state index in [2.05, 4.69) is 35.6 Å². The Hall–Kier alpha value is -3.88. The minimum absolute atomic E-state index is 0.116. The lowest BCUT2D eigenvalue weighted by molar-refractivity contribution is 0.103. The molecular formula is C23H22FN7O. The highest BCUT2D eigenvalue weighted by Gasteiger charge is 2.24. The third-order valence-corrected chi connectivity index (χ3v) is 5.71. The molecule has 32 heavy (non-hydrogen) atoms. The van der Waals surface area contributed by atoms with Crippen LogP contribution in [0.25, 0.3) is 11.0 Å². The van der Waals surface area contributed by atoms with Crippen molar-refractivity contribution in [3.63, 3.8) is 0 Å². The van der Waals surface area contributed by atoms with Crippen molar-refractivity contribution in [1.29, 1.82) is 0 Å². The van der Waals surface area contributed by atoms with Gasteiger partial charge in [-0.15, -0.1) is 0 Å². The molecular weight excluding hydrogens is 409 g/mol. The van der Waals surface area contributed by atoms with Gasteiger partial charge in [0.15, 0.2) is 5.78 Å². The number of aromatic nitrogens is 5. The van der Waals surface area contributed by atoms with E-state index in [9.17, 15) is 9.18 Å². The standard InChI is InChI=1S/C23H22FN7O/c1-2-13-6-7-15(10-25-13)29-18-9-8-16(21(24)31-18)20(32)17-11-26-22-19(17)23(28-12-27-22)30-14-4-3-5-14/h6-12,14H,2-5H2,1H3,(H,29,31)(H2,26,27,28,30). The Morgan fingerprint density at radius 3 is 2.72 bits per heavy atom. The van der Waals surface area contributed by atoms with Crippen LogP contribution in [0.2, 0.25) is 0 Å². The van der Waals surface area contributed by atoms with E-state index in [-0.39, 0.29) is 5.56 Å². The van der Waals surface area contributed by atoms with Gasteiger partial charge in [0.2, 0.25) is 5.95 Å². The summed E-state index contributed by atoms with van der Waals surface area (Å²) < 4.78 is 14.8. The van der Waals surface area contributed by atoms with Crippen LogP contribution in [-0.2, 0) is 6.42 Å². The Labute approximate surface area is 183 Å². The van der Waals surface area contributed by atoms with Gasteiger partial charge in [0.05, 0.1) is 28.4 Å². The monoisotopic (exact) mass is 431 g/mol. The summed E-state index contributed by atoms with van der Waals surface area (Å²) in [5, 5.41) is 6.94. The van der Waals surface area contributed by atoms with Crippen LogP contribution >= 0.6 is 0 Å². The molecule has 4 aromatic heterocycles. The van der Waals surface area contributed by atoms with Gasteiger partial charge < -0.3 is 15.6 Å². The molecule has 0 aliphatic heterocycles. The second-order valence-electron chi connectivity index (χ2n) is 7.80. The average Bonchev–Trinajstić information content (AvgIpc) is 3.21. The number of nitrogens with zero attached hydrogens (tertiary/aromatic N) is 4. The maximum atomic E-state index is 14.8. The summed E-state index contributed by atoms with van der Waals surface area (Å²) >= 11 is 0. The highest BCUT2D eigenvalue weighted by atomic mass is 19.1. The summed E-state index contributed by atoms with van der Waals surface area (Å²) in [6.45, 7) is 2.02. The van der Waals surface area contributed by atoms with Gasteiger partial charge in [-0.05, 0) is 49.9 Å². The highest BCUT2D eigenvalue weighted by molar-refractivity contribution is 6.18. The maximum absolute atomic E-state index is 14.8. The summed E-state index contributed by atoms with van der Waals surface area (Å²) in [5.41, 5.74) is 2.37. The quantitative estimate of drug-likeness (QED) is 0.294. The van der Waals surface area contributed by atoms with Crippen molar-refractivity contribution in [2.45, 2.75) is 38.6 Å². The predicted octanol–water partition coefficient (Wildman–Crippen LogP) is 4.39. The number of aromatic amines is 1. The fraction of sp³-hybridized carbons (Fsp3) is 0.261. The Kier molecular flexibility index (Phi) is 5.22. The Bertz CT molecular complexity index is 1280. The molecule has 1 saturated carbocycles. The van der Waals surface area contributed by atoms with Crippen molar-refractivity contribution in [2.24, 2.45) is 0 Å².